The molecule has 0 saturated carbocycles. The summed E-state index contributed by atoms with van der Waals surface area (Å²) >= 11 is 0. The molecule has 3 aromatic rings. The molecule has 0 amide bonds. The van der Waals surface area contributed by atoms with Crippen LogP contribution in [0.15, 0.2) is 40.8 Å². The average molecular weight is 266 g/mol. The van der Waals surface area contributed by atoms with Crippen LogP contribution < -0.4 is 10.1 Å². The second-order valence-corrected chi connectivity index (χ2v) is 4.90. The Balaban J connectivity index is 1.81. The maximum atomic E-state index is 5.84. The zero-order chi connectivity index (χ0) is 13.5. The Morgan fingerprint density at radius 1 is 1.20 bits per heavy atom. The van der Waals surface area contributed by atoms with Gasteiger partial charge in [-0.05, 0) is 36.2 Å². The highest BCUT2D eigenvalue weighted by molar-refractivity contribution is 5.78. The Bertz CT molecular complexity index is 792. The van der Waals surface area contributed by atoms with Crippen LogP contribution in [0.3, 0.4) is 0 Å². The molecule has 2 aromatic carbocycles. The van der Waals surface area contributed by atoms with Gasteiger partial charge in [0.05, 0.1) is 7.11 Å². The predicted molar refractivity (Wildman–Crippen MR) is 78.2 cm³/mol. The third-order valence-corrected chi connectivity index (χ3v) is 3.66. The molecule has 4 heteroatoms. The van der Waals surface area contributed by atoms with Gasteiger partial charge in [0.1, 0.15) is 11.3 Å². The van der Waals surface area contributed by atoms with E-state index >= 15 is 0 Å². The quantitative estimate of drug-likeness (QED) is 0.771. The number of nitrogens with zero attached hydrogens (tertiary/aromatic N) is 1. The number of benzene rings is 2. The van der Waals surface area contributed by atoms with Crippen LogP contribution in [0.5, 0.6) is 5.75 Å². The summed E-state index contributed by atoms with van der Waals surface area (Å²) in [6, 6.07) is 12.0. The fourth-order valence-electron chi connectivity index (χ4n) is 2.58. The fourth-order valence-corrected chi connectivity index (χ4v) is 2.58. The van der Waals surface area contributed by atoms with Crippen molar-refractivity contribution in [2.45, 2.75) is 6.42 Å². The van der Waals surface area contributed by atoms with Crippen molar-refractivity contribution in [1.82, 2.24) is 4.98 Å². The number of anilines is 1. The monoisotopic (exact) mass is 266 g/mol. The number of hydrogen-bond donors (Lipinski definition) is 1. The molecular formula is C16H14N2O2. The summed E-state index contributed by atoms with van der Waals surface area (Å²) < 4.78 is 11.0. The van der Waals surface area contributed by atoms with Gasteiger partial charge in [0.15, 0.2) is 5.58 Å². The van der Waals surface area contributed by atoms with Crippen LogP contribution in [-0.2, 0) is 6.42 Å². The van der Waals surface area contributed by atoms with E-state index in [1.165, 1.54) is 11.3 Å². The number of ether oxygens (including phenoxy) is 1. The van der Waals surface area contributed by atoms with Crippen molar-refractivity contribution in [1.29, 1.82) is 0 Å². The average Bonchev–Trinajstić information content (AvgIpc) is 3.11. The second-order valence-electron chi connectivity index (χ2n) is 4.90. The minimum atomic E-state index is 0.643. The minimum absolute atomic E-state index is 0.643. The number of methoxy groups -OCH3 is 1. The number of rotatable bonds is 2. The van der Waals surface area contributed by atoms with Crippen molar-refractivity contribution in [2.75, 3.05) is 19.0 Å². The largest absolute Gasteiger partial charge is 0.497 e. The molecule has 0 atom stereocenters. The molecule has 1 N–H and O–H groups in total. The van der Waals surface area contributed by atoms with Gasteiger partial charge in [-0.25, -0.2) is 4.98 Å². The highest BCUT2D eigenvalue weighted by Crippen LogP contribution is 2.31. The maximum Gasteiger partial charge on any atom is 0.227 e. The number of nitrogens with one attached hydrogen (secondary N) is 1. The molecule has 4 rings (SSSR count). The summed E-state index contributed by atoms with van der Waals surface area (Å²) in [5.74, 6) is 1.42. The first kappa shape index (κ1) is 11.3. The van der Waals surface area contributed by atoms with Crippen LogP contribution in [-0.4, -0.2) is 18.6 Å². The molecule has 0 radical (unpaired) electrons. The summed E-state index contributed by atoms with van der Waals surface area (Å²) in [5.41, 5.74) is 5.12. The lowest BCUT2D eigenvalue weighted by molar-refractivity contribution is 0.414. The molecule has 2 heterocycles. The van der Waals surface area contributed by atoms with Crippen LogP contribution >= 0.6 is 0 Å². The Labute approximate surface area is 116 Å². The topological polar surface area (TPSA) is 47.3 Å². The summed E-state index contributed by atoms with van der Waals surface area (Å²) in [7, 11) is 1.64. The Hall–Kier alpha value is -2.49. The van der Waals surface area contributed by atoms with Crippen molar-refractivity contribution in [3.63, 3.8) is 0 Å². The molecule has 0 unspecified atom stereocenters. The van der Waals surface area contributed by atoms with Gasteiger partial charge in [-0.15, -0.1) is 0 Å². The van der Waals surface area contributed by atoms with Gasteiger partial charge in [0.25, 0.3) is 0 Å². The Morgan fingerprint density at radius 2 is 2.15 bits per heavy atom. The van der Waals surface area contributed by atoms with Crippen molar-refractivity contribution >= 4 is 16.8 Å². The van der Waals surface area contributed by atoms with Crippen molar-refractivity contribution in [3.05, 3.63) is 42.0 Å². The van der Waals surface area contributed by atoms with E-state index in [1.807, 2.05) is 18.2 Å². The fraction of sp³-hybridized carbons (Fsp3) is 0.188. The number of oxazole rings is 1. The summed E-state index contributed by atoms with van der Waals surface area (Å²) in [6.45, 7) is 1.00. The van der Waals surface area contributed by atoms with Gasteiger partial charge in [-0.1, -0.05) is 6.07 Å². The molecule has 100 valence electrons. The Kier molecular flexibility index (Phi) is 2.42. The smallest absolute Gasteiger partial charge is 0.227 e. The highest BCUT2D eigenvalue weighted by atomic mass is 16.5. The first-order valence-electron chi connectivity index (χ1n) is 6.65. The molecule has 4 nitrogen and oxygen atoms in total. The highest BCUT2D eigenvalue weighted by Gasteiger charge is 2.14. The van der Waals surface area contributed by atoms with Gasteiger partial charge < -0.3 is 14.5 Å². The molecular weight excluding hydrogens is 252 g/mol. The lowest BCUT2D eigenvalue weighted by Crippen LogP contribution is -1.91. The van der Waals surface area contributed by atoms with E-state index in [-0.39, 0.29) is 0 Å². The van der Waals surface area contributed by atoms with E-state index < -0.39 is 0 Å². The van der Waals surface area contributed by atoms with Gasteiger partial charge >= 0.3 is 0 Å². The van der Waals surface area contributed by atoms with Gasteiger partial charge in [0.2, 0.25) is 5.89 Å². The number of aromatic nitrogens is 1. The van der Waals surface area contributed by atoms with Crippen molar-refractivity contribution in [3.8, 4) is 17.2 Å². The van der Waals surface area contributed by atoms with Crippen LogP contribution in [0.25, 0.3) is 22.6 Å². The first-order chi connectivity index (χ1) is 9.83. The summed E-state index contributed by atoms with van der Waals surface area (Å²) in [5, 5.41) is 3.37. The van der Waals surface area contributed by atoms with Gasteiger partial charge in [-0.3, -0.25) is 0 Å². The van der Waals surface area contributed by atoms with E-state index in [4.69, 9.17) is 9.15 Å². The molecule has 0 aliphatic carbocycles. The Morgan fingerprint density at radius 3 is 3.05 bits per heavy atom. The first-order valence-corrected chi connectivity index (χ1v) is 6.65. The molecule has 0 fully saturated rings. The van der Waals surface area contributed by atoms with Crippen molar-refractivity contribution in [2.24, 2.45) is 0 Å². The van der Waals surface area contributed by atoms with E-state index in [0.29, 0.717) is 5.89 Å². The molecule has 1 aromatic heterocycles. The summed E-state index contributed by atoms with van der Waals surface area (Å²) in [6.07, 6.45) is 1.08. The molecule has 0 bridgehead atoms. The molecule has 0 spiro atoms. The van der Waals surface area contributed by atoms with Crippen LogP contribution in [0.1, 0.15) is 5.56 Å². The van der Waals surface area contributed by atoms with E-state index in [0.717, 1.165) is 35.4 Å². The number of fused-ring (bicyclic) bond motifs is 2. The van der Waals surface area contributed by atoms with E-state index in [9.17, 15) is 0 Å². The van der Waals surface area contributed by atoms with Crippen LogP contribution in [0, 0.1) is 0 Å². The van der Waals surface area contributed by atoms with E-state index in [1.54, 1.807) is 7.11 Å². The third-order valence-electron chi connectivity index (χ3n) is 3.66. The zero-order valence-electron chi connectivity index (χ0n) is 11.1. The molecule has 20 heavy (non-hydrogen) atoms. The lowest BCUT2D eigenvalue weighted by atomic mass is 10.1. The number of hydrogen-bond acceptors (Lipinski definition) is 4. The van der Waals surface area contributed by atoms with Gasteiger partial charge in [-0.2, -0.15) is 0 Å². The molecule has 1 aliphatic rings. The summed E-state index contributed by atoms with van der Waals surface area (Å²) in [4.78, 5) is 4.53. The second kappa shape index (κ2) is 4.27. The normalized spacial score (nSPS) is 13.2. The van der Waals surface area contributed by atoms with Gasteiger partial charge in [0, 0.05) is 23.9 Å². The SMILES string of the molecule is COc1ccc2nc(-c3ccc4c(c3)NCC4)oc2c1. The molecule has 1 aliphatic heterocycles. The lowest BCUT2D eigenvalue weighted by Gasteiger charge is -2.01. The minimum Gasteiger partial charge on any atom is -0.497 e. The molecule has 0 saturated heterocycles. The van der Waals surface area contributed by atoms with Crippen molar-refractivity contribution < 1.29 is 9.15 Å². The standard InChI is InChI=1S/C16H14N2O2/c1-19-12-4-5-13-15(9-12)20-16(18-13)11-3-2-10-6-7-17-14(10)8-11/h2-5,8-9,17H,6-7H2,1H3. The van der Waals surface area contributed by atoms with E-state index in [2.05, 4.69) is 28.5 Å². The zero-order valence-corrected chi connectivity index (χ0v) is 11.1. The van der Waals surface area contributed by atoms with Crippen LogP contribution in [0.4, 0.5) is 5.69 Å². The third kappa shape index (κ3) is 1.72. The van der Waals surface area contributed by atoms with Crippen LogP contribution in [0.2, 0.25) is 0 Å². The predicted octanol–water partition coefficient (Wildman–Crippen LogP) is 3.47. The maximum absolute atomic E-state index is 5.84.